The molecule has 0 aromatic carbocycles. The van der Waals surface area contributed by atoms with Crippen molar-refractivity contribution in [3.63, 3.8) is 0 Å². The molecule has 0 spiro atoms. The van der Waals surface area contributed by atoms with Gasteiger partial charge in [-0.25, -0.2) is 0 Å². The first kappa shape index (κ1) is 11.5. The van der Waals surface area contributed by atoms with E-state index < -0.39 is 0 Å². The fourth-order valence-electron chi connectivity index (χ4n) is 0.940. The summed E-state index contributed by atoms with van der Waals surface area (Å²) in [7, 11) is 0. The van der Waals surface area contributed by atoms with Crippen LogP contribution in [-0.2, 0) is 4.79 Å². The molecule has 0 N–H and O–H groups in total. The molecular formula is C10H21NO. The molecule has 2 heteroatoms. The minimum Gasteiger partial charge on any atom is -0.340 e. The summed E-state index contributed by atoms with van der Waals surface area (Å²) in [5.74, 6) is 0.592. The second-order valence-corrected chi connectivity index (χ2v) is 4.44. The number of nitrogens with zero attached hydrogens (tertiary/aromatic N) is 1. The zero-order valence-corrected chi connectivity index (χ0v) is 8.92. The maximum atomic E-state index is 10.7. The fraction of sp³-hybridized carbons (Fsp3) is 0.900. The van der Waals surface area contributed by atoms with Gasteiger partial charge in [-0.1, -0.05) is 20.3 Å². The molecule has 0 saturated carbocycles. The molecule has 1 unspecified atom stereocenters. The fourth-order valence-corrected chi connectivity index (χ4v) is 0.940. The first-order chi connectivity index (χ1) is 5.41. The van der Waals surface area contributed by atoms with Gasteiger partial charge in [-0.05, 0) is 26.7 Å². The molecule has 0 aromatic heterocycles. The van der Waals surface area contributed by atoms with E-state index in [-0.39, 0.29) is 5.54 Å². The lowest BCUT2D eigenvalue weighted by Gasteiger charge is -2.34. The Bertz CT molecular complexity index is 137. The molecule has 0 bridgehead atoms. The predicted octanol–water partition coefficient (Wildman–Crippen LogP) is 2.29. The quantitative estimate of drug-likeness (QED) is 0.594. The molecule has 12 heavy (non-hydrogen) atoms. The normalized spacial score (nSPS) is 14.1. The molecule has 1 amide bonds. The average Bonchev–Trinajstić information content (AvgIpc) is 1.97. The van der Waals surface area contributed by atoms with Crippen LogP contribution in [0.2, 0.25) is 0 Å². The standard InChI is InChI=1S/C10H21NO/c1-6-9(2)7-11(8-12)10(3,4)5/h8-9H,6-7H2,1-5H3. The smallest absolute Gasteiger partial charge is 0.210 e. The van der Waals surface area contributed by atoms with Gasteiger partial charge in [-0.3, -0.25) is 4.79 Å². The Kier molecular flexibility index (Phi) is 4.29. The zero-order valence-electron chi connectivity index (χ0n) is 8.92. The van der Waals surface area contributed by atoms with Crippen LogP contribution in [0.3, 0.4) is 0 Å². The van der Waals surface area contributed by atoms with Crippen molar-refractivity contribution in [2.24, 2.45) is 5.92 Å². The Morgan fingerprint density at radius 1 is 1.42 bits per heavy atom. The van der Waals surface area contributed by atoms with Crippen LogP contribution in [0.5, 0.6) is 0 Å². The van der Waals surface area contributed by atoms with Crippen LogP contribution in [0.4, 0.5) is 0 Å². The highest BCUT2D eigenvalue weighted by Crippen LogP contribution is 2.14. The molecule has 72 valence electrons. The van der Waals surface area contributed by atoms with Gasteiger partial charge in [-0.15, -0.1) is 0 Å². The number of amides is 1. The summed E-state index contributed by atoms with van der Waals surface area (Å²) in [6.07, 6.45) is 2.08. The monoisotopic (exact) mass is 171 g/mol. The van der Waals surface area contributed by atoms with E-state index in [1.54, 1.807) is 0 Å². The predicted molar refractivity (Wildman–Crippen MR) is 52.0 cm³/mol. The van der Waals surface area contributed by atoms with E-state index in [0.717, 1.165) is 19.4 Å². The number of rotatable bonds is 4. The molecular weight excluding hydrogens is 150 g/mol. The van der Waals surface area contributed by atoms with Crippen molar-refractivity contribution in [2.45, 2.75) is 46.6 Å². The molecule has 0 aliphatic carbocycles. The second-order valence-electron chi connectivity index (χ2n) is 4.44. The van der Waals surface area contributed by atoms with Gasteiger partial charge in [0.15, 0.2) is 0 Å². The molecule has 0 fully saturated rings. The second kappa shape index (κ2) is 4.48. The summed E-state index contributed by atoms with van der Waals surface area (Å²) >= 11 is 0. The number of carbonyl (C=O) groups is 1. The van der Waals surface area contributed by atoms with E-state index in [2.05, 4.69) is 34.6 Å². The largest absolute Gasteiger partial charge is 0.340 e. The number of carbonyl (C=O) groups excluding carboxylic acids is 1. The first-order valence-electron chi connectivity index (χ1n) is 4.63. The van der Waals surface area contributed by atoms with Crippen molar-refractivity contribution < 1.29 is 4.79 Å². The third-order valence-electron chi connectivity index (χ3n) is 2.19. The van der Waals surface area contributed by atoms with Gasteiger partial charge < -0.3 is 4.90 Å². The SMILES string of the molecule is CCC(C)CN(C=O)C(C)(C)C. The van der Waals surface area contributed by atoms with Crippen LogP contribution in [-0.4, -0.2) is 23.4 Å². The van der Waals surface area contributed by atoms with Crippen LogP contribution in [0.15, 0.2) is 0 Å². The van der Waals surface area contributed by atoms with Crippen molar-refractivity contribution in [1.29, 1.82) is 0 Å². The van der Waals surface area contributed by atoms with Gasteiger partial charge in [0.1, 0.15) is 0 Å². The van der Waals surface area contributed by atoms with Crippen LogP contribution < -0.4 is 0 Å². The van der Waals surface area contributed by atoms with Crippen molar-refractivity contribution in [3.05, 3.63) is 0 Å². The summed E-state index contributed by atoms with van der Waals surface area (Å²) in [5, 5.41) is 0. The van der Waals surface area contributed by atoms with E-state index in [4.69, 9.17) is 0 Å². The number of hydrogen-bond acceptors (Lipinski definition) is 1. The van der Waals surface area contributed by atoms with Gasteiger partial charge in [0.2, 0.25) is 6.41 Å². The molecule has 0 aromatic rings. The lowest BCUT2D eigenvalue weighted by atomic mass is 10.0. The summed E-state index contributed by atoms with van der Waals surface area (Å²) in [4.78, 5) is 12.6. The maximum Gasteiger partial charge on any atom is 0.210 e. The van der Waals surface area contributed by atoms with Gasteiger partial charge >= 0.3 is 0 Å². The van der Waals surface area contributed by atoms with Gasteiger partial charge in [0, 0.05) is 12.1 Å². The van der Waals surface area contributed by atoms with E-state index >= 15 is 0 Å². The molecule has 0 radical (unpaired) electrons. The minimum absolute atomic E-state index is 0.0365. The van der Waals surface area contributed by atoms with Gasteiger partial charge in [0.25, 0.3) is 0 Å². The maximum absolute atomic E-state index is 10.7. The third kappa shape index (κ3) is 3.74. The summed E-state index contributed by atoms with van der Waals surface area (Å²) in [5.41, 5.74) is -0.0365. The highest BCUT2D eigenvalue weighted by atomic mass is 16.1. The van der Waals surface area contributed by atoms with Gasteiger partial charge in [-0.2, -0.15) is 0 Å². The molecule has 0 rings (SSSR count). The van der Waals surface area contributed by atoms with E-state index in [9.17, 15) is 4.79 Å². The van der Waals surface area contributed by atoms with E-state index in [0.29, 0.717) is 5.92 Å². The highest BCUT2D eigenvalue weighted by molar-refractivity contribution is 5.48. The van der Waals surface area contributed by atoms with Crippen molar-refractivity contribution in [3.8, 4) is 0 Å². The Morgan fingerprint density at radius 3 is 2.17 bits per heavy atom. The molecule has 0 aliphatic rings. The Labute approximate surface area is 75.9 Å². The van der Waals surface area contributed by atoms with Crippen LogP contribution in [0.1, 0.15) is 41.0 Å². The third-order valence-corrected chi connectivity index (χ3v) is 2.19. The Hall–Kier alpha value is -0.530. The van der Waals surface area contributed by atoms with E-state index in [1.807, 2.05) is 4.90 Å². The van der Waals surface area contributed by atoms with Crippen molar-refractivity contribution in [2.75, 3.05) is 6.54 Å². The summed E-state index contributed by atoms with van der Waals surface area (Å²) < 4.78 is 0. The van der Waals surface area contributed by atoms with Crippen LogP contribution in [0.25, 0.3) is 0 Å². The Balaban J connectivity index is 4.09. The summed E-state index contributed by atoms with van der Waals surface area (Å²) in [6.45, 7) is 11.4. The average molecular weight is 171 g/mol. The number of hydrogen-bond donors (Lipinski definition) is 0. The lowest BCUT2D eigenvalue weighted by Crippen LogP contribution is -2.42. The topological polar surface area (TPSA) is 20.3 Å². The summed E-state index contributed by atoms with van der Waals surface area (Å²) in [6, 6.07) is 0. The lowest BCUT2D eigenvalue weighted by molar-refractivity contribution is -0.123. The van der Waals surface area contributed by atoms with Gasteiger partial charge in [0.05, 0.1) is 0 Å². The van der Waals surface area contributed by atoms with E-state index in [1.165, 1.54) is 0 Å². The molecule has 1 atom stereocenters. The van der Waals surface area contributed by atoms with Crippen molar-refractivity contribution in [1.82, 2.24) is 4.90 Å². The minimum atomic E-state index is -0.0365. The molecule has 0 aliphatic heterocycles. The van der Waals surface area contributed by atoms with Crippen molar-refractivity contribution >= 4 is 6.41 Å². The highest BCUT2D eigenvalue weighted by Gasteiger charge is 2.20. The Morgan fingerprint density at radius 2 is 1.92 bits per heavy atom. The first-order valence-corrected chi connectivity index (χ1v) is 4.63. The van der Waals surface area contributed by atoms with Crippen LogP contribution in [0, 0.1) is 5.92 Å². The molecule has 0 heterocycles. The molecule has 2 nitrogen and oxygen atoms in total. The zero-order chi connectivity index (χ0) is 9.78. The van der Waals surface area contributed by atoms with Crippen LogP contribution >= 0.6 is 0 Å². The molecule has 0 saturated heterocycles.